The van der Waals surface area contributed by atoms with Crippen molar-refractivity contribution >= 4 is 23.0 Å². The number of carbonyl (C=O) groups is 1. The SMILES string of the molecule is Cc1nc(CCNc2cc3c(cc2N)OCC(=O)N3)no1. The van der Waals surface area contributed by atoms with Crippen LogP contribution in [0.25, 0.3) is 0 Å². The summed E-state index contributed by atoms with van der Waals surface area (Å²) in [6.45, 7) is 2.35. The van der Waals surface area contributed by atoms with Crippen molar-refractivity contribution in [1.29, 1.82) is 0 Å². The third-order valence-electron chi connectivity index (χ3n) is 3.02. The van der Waals surface area contributed by atoms with Gasteiger partial charge < -0.3 is 25.6 Å². The standard InChI is InChI=1S/C13H15N5O3/c1-7-16-12(18-21-7)2-3-15-9-5-10-11(4-8(9)14)20-6-13(19)17-10/h4-5,15H,2-3,6,14H2,1H3,(H,17,19). The zero-order valence-electron chi connectivity index (χ0n) is 11.5. The molecule has 4 N–H and O–H groups in total. The second-order valence-electron chi connectivity index (χ2n) is 4.68. The van der Waals surface area contributed by atoms with Crippen molar-refractivity contribution in [3.05, 3.63) is 23.8 Å². The maximum absolute atomic E-state index is 11.3. The number of nitrogen functional groups attached to an aromatic ring is 1. The molecule has 2 aromatic rings. The molecule has 0 radical (unpaired) electrons. The highest BCUT2D eigenvalue weighted by Gasteiger charge is 2.17. The molecule has 1 amide bonds. The molecule has 8 heteroatoms. The van der Waals surface area contributed by atoms with E-state index in [-0.39, 0.29) is 12.5 Å². The van der Waals surface area contributed by atoms with Gasteiger partial charge in [-0.15, -0.1) is 0 Å². The third-order valence-corrected chi connectivity index (χ3v) is 3.02. The second kappa shape index (κ2) is 5.31. The fourth-order valence-corrected chi connectivity index (χ4v) is 2.05. The van der Waals surface area contributed by atoms with E-state index in [2.05, 4.69) is 20.8 Å². The Bertz CT molecular complexity index is 682. The lowest BCUT2D eigenvalue weighted by Crippen LogP contribution is -2.25. The van der Waals surface area contributed by atoms with Crippen LogP contribution in [-0.2, 0) is 11.2 Å². The predicted molar refractivity (Wildman–Crippen MR) is 76.2 cm³/mol. The van der Waals surface area contributed by atoms with Gasteiger partial charge in [-0.2, -0.15) is 4.98 Å². The van der Waals surface area contributed by atoms with Crippen LogP contribution in [0.3, 0.4) is 0 Å². The van der Waals surface area contributed by atoms with Crippen LogP contribution >= 0.6 is 0 Å². The summed E-state index contributed by atoms with van der Waals surface area (Å²) >= 11 is 0. The molecule has 1 aromatic carbocycles. The summed E-state index contributed by atoms with van der Waals surface area (Å²) in [5.74, 6) is 1.57. The molecule has 0 bridgehead atoms. The molecule has 1 aliphatic heterocycles. The van der Waals surface area contributed by atoms with Crippen LogP contribution in [0, 0.1) is 6.92 Å². The molecular formula is C13H15N5O3. The van der Waals surface area contributed by atoms with Crippen LogP contribution in [0.1, 0.15) is 11.7 Å². The molecule has 0 unspecified atom stereocenters. The molecule has 1 aromatic heterocycles. The van der Waals surface area contributed by atoms with Crippen LogP contribution in [0.5, 0.6) is 5.75 Å². The molecule has 0 fully saturated rings. The van der Waals surface area contributed by atoms with E-state index in [0.29, 0.717) is 41.8 Å². The van der Waals surface area contributed by atoms with Gasteiger partial charge in [-0.05, 0) is 6.07 Å². The van der Waals surface area contributed by atoms with Gasteiger partial charge in [-0.1, -0.05) is 5.16 Å². The fourth-order valence-electron chi connectivity index (χ4n) is 2.05. The number of rotatable bonds is 4. The maximum atomic E-state index is 11.3. The van der Waals surface area contributed by atoms with Crippen LogP contribution in [0.4, 0.5) is 17.1 Å². The first-order valence-electron chi connectivity index (χ1n) is 6.51. The van der Waals surface area contributed by atoms with Crippen molar-refractivity contribution in [2.45, 2.75) is 13.3 Å². The second-order valence-corrected chi connectivity index (χ2v) is 4.68. The Morgan fingerprint density at radius 2 is 2.33 bits per heavy atom. The molecule has 0 saturated heterocycles. The van der Waals surface area contributed by atoms with Gasteiger partial charge in [0.05, 0.1) is 17.1 Å². The van der Waals surface area contributed by atoms with E-state index < -0.39 is 0 Å². The Hall–Kier alpha value is -2.77. The van der Waals surface area contributed by atoms with Crippen molar-refractivity contribution < 1.29 is 14.1 Å². The van der Waals surface area contributed by atoms with Gasteiger partial charge in [0.15, 0.2) is 12.4 Å². The van der Waals surface area contributed by atoms with Crippen molar-refractivity contribution in [3.8, 4) is 5.75 Å². The minimum absolute atomic E-state index is 0.0103. The zero-order valence-corrected chi connectivity index (χ0v) is 11.5. The quantitative estimate of drug-likeness (QED) is 0.717. The molecule has 2 heterocycles. The molecular weight excluding hydrogens is 274 g/mol. The largest absolute Gasteiger partial charge is 0.482 e. The molecule has 0 atom stereocenters. The fraction of sp³-hybridized carbons (Fsp3) is 0.308. The van der Waals surface area contributed by atoms with Crippen molar-refractivity contribution in [1.82, 2.24) is 10.1 Å². The molecule has 3 rings (SSSR count). The molecule has 21 heavy (non-hydrogen) atoms. The minimum Gasteiger partial charge on any atom is -0.482 e. The summed E-state index contributed by atoms with van der Waals surface area (Å²) in [5, 5.41) is 9.74. The summed E-state index contributed by atoms with van der Waals surface area (Å²) in [7, 11) is 0. The number of benzene rings is 1. The number of carbonyl (C=O) groups excluding carboxylic acids is 1. The van der Waals surface area contributed by atoms with E-state index in [1.165, 1.54) is 0 Å². The number of hydrogen-bond donors (Lipinski definition) is 3. The van der Waals surface area contributed by atoms with E-state index in [0.717, 1.165) is 5.69 Å². The monoisotopic (exact) mass is 289 g/mol. The van der Waals surface area contributed by atoms with Crippen molar-refractivity contribution in [3.63, 3.8) is 0 Å². The van der Waals surface area contributed by atoms with Gasteiger partial charge in [-0.25, -0.2) is 0 Å². The lowest BCUT2D eigenvalue weighted by atomic mass is 10.2. The first kappa shape index (κ1) is 13.2. The average molecular weight is 289 g/mol. The van der Waals surface area contributed by atoms with Gasteiger partial charge >= 0.3 is 0 Å². The number of amides is 1. The Kier molecular flexibility index (Phi) is 3.35. The highest BCUT2D eigenvalue weighted by atomic mass is 16.5. The highest BCUT2D eigenvalue weighted by molar-refractivity contribution is 5.97. The number of aromatic nitrogens is 2. The topological polar surface area (TPSA) is 115 Å². The molecule has 110 valence electrons. The molecule has 0 saturated carbocycles. The van der Waals surface area contributed by atoms with Gasteiger partial charge in [-0.3, -0.25) is 4.79 Å². The lowest BCUT2D eigenvalue weighted by molar-refractivity contribution is -0.118. The number of ether oxygens (including phenoxy) is 1. The smallest absolute Gasteiger partial charge is 0.262 e. The summed E-state index contributed by atoms with van der Waals surface area (Å²) in [6.07, 6.45) is 0.608. The van der Waals surface area contributed by atoms with E-state index in [1.807, 2.05) is 0 Å². The van der Waals surface area contributed by atoms with Crippen LogP contribution in [0.15, 0.2) is 16.7 Å². The first-order chi connectivity index (χ1) is 10.1. The number of anilines is 3. The predicted octanol–water partition coefficient (Wildman–Crippen LogP) is 0.946. The van der Waals surface area contributed by atoms with Crippen LogP contribution < -0.4 is 21.1 Å². The first-order valence-corrected chi connectivity index (χ1v) is 6.51. The maximum Gasteiger partial charge on any atom is 0.262 e. The zero-order chi connectivity index (χ0) is 14.8. The summed E-state index contributed by atoms with van der Waals surface area (Å²) in [4.78, 5) is 15.4. The average Bonchev–Trinajstić information content (AvgIpc) is 2.85. The number of nitrogens with one attached hydrogen (secondary N) is 2. The van der Waals surface area contributed by atoms with E-state index in [9.17, 15) is 4.79 Å². The van der Waals surface area contributed by atoms with Crippen molar-refractivity contribution in [2.24, 2.45) is 0 Å². The summed E-state index contributed by atoms with van der Waals surface area (Å²) in [5.41, 5.74) is 7.84. The highest BCUT2D eigenvalue weighted by Crippen LogP contribution is 2.35. The number of aryl methyl sites for hydroxylation is 1. The van der Waals surface area contributed by atoms with E-state index in [4.69, 9.17) is 15.0 Å². The summed E-state index contributed by atoms with van der Waals surface area (Å²) in [6, 6.07) is 3.44. The molecule has 1 aliphatic rings. The van der Waals surface area contributed by atoms with Gasteiger partial charge in [0.25, 0.3) is 5.91 Å². The lowest BCUT2D eigenvalue weighted by Gasteiger charge is -2.20. The molecule has 0 spiro atoms. The number of nitrogens with two attached hydrogens (primary N) is 1. The Morgan fingerprint density at radius 3 is 3.10 bits per heavy atom. The third kappa shape index (κ3) is 2.88. The van der Waals surface area contributed by atoms with Crippen LogP contribution in [0.2, 0.25) is 0 Å². The summed E-state index contributed by atoms with van der Waals surface area (Å²) < 4.78 is 10.2. The van der Waals surface area contributed by atoms with Gasteiger partial charge in [0.1, 0.15) is 5.75 Å². The molecule has 0 aliphatic carbocycles. The number of nitrogens with zero attached hydrogens (tertiary/aromatic N) is 2. The molecule has 8 nitrogen and oxygen atoms in total. The van der Waals surface area contributed by atoms with Gasteiger partial charge in [0, 0.05) is 26.0 Å². The van der Waals surface area contributed by atoms with E-state index in [1.54, 1.807) is 19.1 Å². The normalized spacial score (nSPS) is 13.3. The van der Waals surface area contributed by atoms with Crippen molar-refractivity contribution in [2.75, 3.05) is 29.5 Å². The van der Waals surface area contributed by atoms with E-state index >= 15 is 0 Å². The van der Waals surface area contributed by atoms with Gasteiger partial charge in [0.2, 0.25) is 5.89 Å². The Balaban J connectivity index is 1.67. The number of fused-ring (bicyclic) bond motifs is 1. The number of hydrogen-bond acceptors (Lipinski definition) is 7. The Labute approximate surface area is 120 Å². The Morgan fingerprint density at radius 1 is 1.48 bits per heavy atom. The minimum atomic E-state index is -0.180. The van der Waals surface area contributed by atoms with Crippen LogP contribution in [-0.4, -0.2) is 29.2 Å².